The first-order valence-electron chi connectivity index (χ1n) is 5.75. The van der Waals surface area contributed by atoms with Crippen LogP contribution in [0.3, 0.4) is 0 Å². The van der Waals surface area contributed by atoms with Crippen LogP contribution in [0.25, 0.3) is 10.2 Å². The van der Waals surface area contributed by atoms with Crippen molar-refractivity contribution in [2.24, 2.45) is 0 Å². The van der Waals surface area contributed by atoms with Crippen LogP contribution in [0.15, 0.2) is 29.8 Å². The summed E-state index contributed by atoms with van der Waals surface area (Å²) >= 11 is 3.44. The van der Waals surface area contributed by atoms with Crippen molar-refractivity contribution >= 4 is 38.8 Å². The van der Waals surface area contributed by atoms with Crippen molar-refractivity contribution in [3.63, 3.8) is 0 Å². The minimum atomic E-state index is 0.237. The number of anilines is 1. The standard InChI is InChI=1S/C13H13N3S2/c1-8-3-4-11(18-8)9(2)15-13-14-7-10-5-6-17-12(10)16-13/h3-7,9H,1-2H3,(H,14,15,16). The zero-order chi connectivity index (χ0) is 12.5. The first kappa shape index (κ1) is 11.6. The molecule has 3 aromatic rings. The predicted molar refractivity (Wildman–Crippen MR) is 78.5 cm³/mol. The van der Waals surface area contributed by atoms with Gasteiger partial charge in [0.05, 0.1) is 6.04 Å². The first-order valence-corrected chi connectivity index (χ1v) is 7.45. The smallest absolute Gasteiger partial charge is 0.224 e. The Hall–Kier alpha value is -1.46. The molecule has 0 aliphatic heterocycles. The lowest BCUT2D eigenvalue weighted by molar-refractivity contribution is 0.884. The average molecular weight is 275 g/mol. The molecule has 18 heavy (non-hydrogen) atoms. The van der Waals surface area contributed by atoms with Crippen molar-refractivity contribution in [3.05, 3.63) is 39.5 Å². The quantitative estimate of drug-likeness (QED) is 0.777. The van der Waals surface area contributed by atoms with Crippen LogP contribution >= 0.6 is 22.7 Å². The van der Waals surface area contributed by atoms with Gasteiger partial charge in [-0.3, -0.25) is 0 Å². The van der Waals surface area contributed by atoms with Crippen LogP contribution in [0.1, 0.15) is 22.7 Å². The highest BCUT2D eigenvalue weighted by Crippen LogP contribution is 2.25. The van der Waals surface area contributed by atoms with E-state index in [1.54, 1.807) is 22.7 Å². The van der Waals surface area contributed by atoms with Crippen LogP contribution < -0.4 is 5.32 Å². The zero-order valence-corrected chi connectivity index (χ0v) is 11.8. The van der Waals surface area contributed by atoms with Crippen molar-refractivity contribution in [3.8, 4) is 0 Å². The molecular weight excluding hydrogens is 262 g/mol. The number of aromatic nitrogens is 2. The molecule has 0 aliphatic carbocycles. The van der Waals surface area contributed by atoms with Gasteiger partial charge in [-0.25, -0.2) is 9.97 Å². The molecule has 3 nitrogen and oxygen atoms in total. The molecule has 3 heterocycles. The van der Waals surface area contributed by atoms with Crippen LogP contribution in [0.2, 0.25) is 0 Å². The minimum absolute atomic E-state index is 0.237. The van der Waals surface area contributed by atoms with Crippen molar-refractivity contribution in [1.82, 2.24) is 9.97 Å². The Labute approximate surface area is 114 Å². The SMILES string of the molecule is Cc1ccc(C(C)Nc2ncc3ccsc3n2)s1. The number of hydrogen-bond acceptors (Lipinski definition) is 5. The van der Waals surface area contributed by atoms with E-state index >= 15 is 0 Å². The van der Waals surface area contributed by atoms with Gasteiger partial charge in [-0.2, -0.15) is 0 Å². The number of nitrogens with zero attached hydrogens (tertiary/aromatic N) is 2. The van der Waals surface area contributed by atoms with E-state index in [4.69, 9.17) is 0 Å². The molecule has 3 aromatic heterocycles. The van der Waals surface area contributed by atoms with Crippen LogP contribution in [0.4, 0.5) is 5.95 Å². The number of fused-ring (bicyclic) bond motifs is 1. The summed E-state index contributed by atoms with van der Waals surface area (Å²) in [5.41, 5.74) is 0. The largest absolute Gasteiger partial charge is 0.347 e. The molecule has 0 amide bonds. The monoisotopic (exact) mass is 275 g/mol. The van der Waals surface area contributed by atoms with Gasteiger partial charge in [0.25, 0.3) is 0 Å². The Balaban J connectivity index is 1.83. The van der Waals surface area contributed by atoms with E-state index < -0.39 is 0 Å². The van der Waals surface area contributed by atoms with E-state index in [0.717, 1.165) is 10.2 Å². The Morgan fingerprint density at radius 3 is 2.94 bits per heavy atom. The molecule has 1 atom stereocenters. The van der Waals surface area contributed by atoms with Crippen LogP contribution in [-0.4, -0.2) is 9.97 Å². The Morgan fingerprint density at radius 1 is 1.28 bits per heavy atom. The van der Waals surface area contributed by atoms with Gasteiger partial charge in [0.2, 0.25) is 5.95 Å². The molecule has 0 bridgehead atoms. The molecule has 5 heteroatoms. The number of aryl methyl sites for hydroxylation is 1. The molecule has 0 saturated heterocycles. The fourth-order valence-electron chi connectivity index (χ4n) is 1.78. The minimum Gasteiger partial charge on any atom is -0.347 e. The van der Waals surface area contributed by atoms with Gasteiger partial charge in [-0.1, -0.05) is 0 Å². The molecule has 0 saturated carbocycles. The van der Waals surface area contributed by atoms with Crippen LogP contribution in [0.5, 0.6) is 0 Å². The summed E-state index contributed by atoms with van der Waals surface area (Å²) in [4.78, 5) is 12.5. The van der Waals surface area contributed by atoms with Gasteiger partial charge in [-0.15, -0.1) is 22.7 Å². The summed E-state index contributed by atoms with van der Waals surface area (Å²) < 4.78 is 0. The van der Waals surface area contributed by atoms with Gasteiger partial charge in [0.1, 0.15) is 4.83 Å². The second-order valence-electron chi connectivity index (χ2n) is 4.19. The number of hydrogen-bond donors (Lipinski definition) is 1. The maximum absolute atomic E-state index is 4.51. The van der Waals surface area contributed by atoms with E-state index in [9.17, 15) is 0 Å². The molecule has 1 unspecified atom stereocenters. The van der Waals surface area contributed by atoms with Gasteiger partial charge in [0.15, 0.2) is 0 Å². The van der Waals surface area contributed by atoms with Gasteiger partial charge >= 0.3 is 0 Å². The summed E-state index contributed by atoms with van der Waals surface area (Å²) in [5, 5.41) is 6.49. The number of nitrogens with one attached hydrogen (secondary N) is 1. The second kappa shape index (κ2) is 4.66. The Morgan fingerprint density at radius 2 is 2.17 bits per heavy atom. The lowest BCUT2D eigenvalue weighted by Crippen LogP contribution is -2.07. The average Bonchev–Trinajstić information content (AvgIpc) is 2.96. The van der Waals surface area contributed by atoms with Crippen molar-refractivity contribution in [2.75, 3.05) is 5.32 Å². The molecule has 3 rings (SSSR count). The molecule has 0 aromatic carbocycles. The maximum atomic E-state index is 4.51. The van der Waals surface area contributed by atoms with E-state index in [-0.39, 0.29) is 6.04 Å². The zero-order valence-electron chi connectivity index (χ0n) is 10.2. The summed E-state index contributed by atoms with van der Waals surface area (Å²) in [7, 11) is 0. The highest BCUT2D eigenvalue weighted by molar-refractivity contribution is 7.16. The molecule has 0 spiro atoms. The molecule has 1 N–H and O–H groups in total. The van der Waals surface area contributed by atoms with E-state index in [1.165, 1.54) is 9.75 Å². The van der Waals surface area contributed by atoms with Crippen LogP contribution in [-0.2, 0) is 0 Å². The van der Waals surface area contributed by atoms with E-state index in [1.807, 2.05) is 17.6 Å². The normalized spacial score (nSPS) is 12.8. The molecule has 0 radical (unpaired) electrons. The lowest BCUT2D eigenvalue weighted by Gasteiger charge is -2.11. The highest BCUT2D eigenvalue weighted by Gasteiger charge is 2.09. The fraction of sp³-hybridized carbons (Fsp3) is 0.231. The summed E-state index contributed by atoms with van der Waals surface area (Å²) in [6, 6.07) is 6.57. The third kappa shape index (κ3) is 2.23. The molecule has 0 fully saturated rings. The molecule has 0 aliphatic rings. The maximum Gasteiger partial charge on any atom is 0.224 e. The third-order valence-electron chi connectivity index (χ3n) is 2.74. The molecule has 92 valence electrons. The van der Waals surface area contributed by atoms with Crippen molar-refractivity contribution < 1.29 is 0 Å². The predicted octanol–water partition coefficient (Wildman–Crippen LogP) is 4.23. The summed E-state index contributed by atoms with van der Waals surface area (Å²) in [6.07, 6.45) is 1.87. The second-order valence-corrected chi connectivity index (χ2v) is 6.40. The van der Waals surface area contributed by atoms with Crippen molar-refractivity contribution in [1.29, 1.82) is 0 Å². The number of thiophene rings is 2. The molecular formula is C13H13N3S2. The topological polar surface area (TPSA) is 37.8 Å². The van der Waals surface area contributed by atoms with Crippen molar-refractivity contribution in [2.45, 2.75) is 19.9 Å². The van der Waals surface area contributed by atoms with Gasteiger partial charge < -0.3 is 5.32 Å². The van der Waals surface area contributed by atoms with E-state index in [0.29, 0.717) is 5.95 Å². The first-order chi connectivity index (χ1) is 8.72. The fourth-order valence-corrected chi connectivity index (χ4v) is 3.40. The Bertz CT molecular complexity index is 671. The number of rotatable bonds is 3. The highest BCUT2D eigenvalue weighted by atomic mass is 32.1. The van der Waals surface area contributed by atoms with Gasteiger partial charge in [-0.05, 0) is 37.4 Å². The Kier molecular flexibility index (Phi) is 3.01. The lowest BCUT2D eigenvalue weighted by atomic mass is 10.3. The summed E-state index contributed by atoms with van der Waals surface area (Å²) in [6.45, 7) is 4.25. The van der Waals surface area contributed by atoms with Crippen LogP contribution in [0, 0.1) is 6.92 Å². The van der Waals surface area contributed by atoms with Gasteiger partial charge in [0, 0.05) is 21.3 Å². The summed E-state index contributed by atoms with van der Waals surface area (Å²) in [5.74, 6) is 0.698. The third-order valence-corrected chi connectivity index (χ3v) is 4.75. The van der Waals surface area contributed by atoms with E-state index in [2.05, 4.69) is 41.3 Å².